The van der Waals surface area contributed by atoms with E-state index in [1.54, 1.807) is 6.33 Å². The van der Waals surface area contributed by atoms with Crippen LogP contribution in [0.25, 0.3) is 0 Å². The van der Waals surface area contributed by atoms with Crippen molar-refractivity contribution >= 4 is 5.82 Å². The number of hydrogen-bond donors (Lipinski definition) is 0. The molecule has 2 aliphatic rings. The summed E-state index contributed by atoms with van der Waals surface area (Å²) in [6.45, 7) is 3.02. The molecule has 4 nitrogen and oxygen atoms in total. The van der Waals surface area contributed by atoms with Gasteiger partial charge in [-0.2, -0.15) is 0 Å². The quantitative estimate of drug-likeness (QED) is 0.872. The Hall–Kier alpha value is -2.10. The third-order valence-corrected chi connectivity index (χ3v) is 4.84. The van der Waals surface area contributed by atoms with E-state index in [-0.39, 0.29) is 0 Å². The van der Waals surface area contributed by atoms with Gasteiger partial charge in [-0.25, -0.2) is 9.97 Å². The molecule has 1 saturated heterocycles. The molecule has 1 aromatic carbocycles. The van der Waals surface area contributed by atoms with Crippen LogP contribution in [0.4, 0.5) is 5.82 Å². The molecular weight excluding hydrogens is 286 g/mol. The molecule has 0 spiro atoms. The van der Waals surface area contributed by atoms with Crippen molar-refractivity contribution in [3.63, 3.8) is 0 Å². The van der Waals surface area contributed by atoms with Crippen LogP contribution in [0, 0.1) is 5.92 Å². The number of anilines is 1. The Balaban J connectivity index is 1.45. The van der Waals surface area contributed by atoms with Crippen LogP contribution in [0.2, 0.25) is 0 Å². The van der Waals surface area contributed by atoms with Crippen LogP contribution in [-0.2, 0) is 12.8 Å². The second-order valence-corrected chi connectivity index (χ2v) is 6.61. The van der Waals surface area contributed by atoms with Gasteiger partial charge in [-0.3, -0.25) is 0 Å². The minimum atomic E-state index is 0.494. The number of piperidine rings is 1. The molecule has 2 aliphatic heterocycles. The van der Waals surface area contributed by atoms with E-state index < -0.39 is 0 Å². The van der Waals surface area contributed by atoms with Crippen LogP contribution >= 0.6 is 0 Å². The highest BCUT2D eigenvalue weighted by molar-refractivity contribution is 5.40. The maximum absolute atomic E-state index is 5.90. The third-order valence-electron chi connectivity index (χ3n) is 4.84. The fourth-order valence-electron chi connectivity index (χ4n) is 3.61. The van der Waals surface area contributed by atoms with E-state index in [2.05, 4.69) is 39.1 Å². The first-order chi connectivity index (χ1) is 11.4. The Morgan fingerprint density at radius 1 is 1.09 bits per heavy atom. The highest BCUT2D eigenvalue weighted by Crippen LogP contribution is 2.28. The van der Waals surface area contributed by atoms with Gasteiger partial charge in [-0.1, -0.05) is 18.2 Å². The van der Waals surface area contributed by atoms with Crippen molar-refractivity contribution in [1.82, 2.24) is 9.97 Å². The monoisotopic (exact) mass is 309 g/mol. The van der Waals surface area contributed by atoms with Crippen molar-refractivity contribution in [2.75, 3.05) is 24.6 Å². The number of nitrogens with zero attached hydrogens (tertiary/aromatic N) is 3. The van der Waals surface area contributed by atoms with E-state index in [0.29, 0.717) is 5.92 Å². The van der Waals surface area contributed by atoms with Gasteiger partial charge in [0.2, 0.25) is 0 Å². The predicted octanol–water partition coefficient (Wildman–Crippen LogP) is 3.26. The minimum Gasteiger partial charge on any atom is -0.493 e. The molecule has 0 bridgehead atoms. The zero-order valence-corrected chi connectivity index (χ0v) is 13.4. The zero-order valence-electron chi connectivity index (χ0n) is 13.4. The first-order valence-corrected chi connectivity index (χ1v) is 8.65. The highest BCUT2D eigenvalue weighted by atomic mass is 16.5. The van der Waals surface area contributed by atoms with Crippen LogP contribution < -0.4 is 9.64 Å². The molecule has 0 radical (unpaired) electrons. The number of para-hydroxylation sites is 1. The maximum Gasteiger partial charge on any atom is 0.132 e. The molecule has 4 heteroatoms. The molecule has 1 fully saturated rings. The lowest BCUT2D eigenvalue weighted by Crippen LogP contribution is -2.30. The van der Waals surface area contributed by atoms with E-state index in [9.17, 15) is 0 Å². The molecule has 4 rings (SSSR count). The Labute approximate surface area is 137 Å². The second kappa shape index (κ2) is 6.57. The molecule has 120 valence electrons. The normalized spacial score (nSPS) is 20.7. The smallest absolute Gasteiger partial charge is 0.132 e. The summed E-state index contributed by atoms with van der Waals surface area (Å²) >= 11 is 0. The van der Waals surface area contributed by atoms with Crippen LogP contribution in [0.1, 0.15) is 30.5 Å². The van der Waals surface area contributed by atoms with Gasteiger partial charge in [0.25, 0.3) is 0 Å². The first kappa shape index (κ1) is 14.5. The maximum atomic E-state index is 5.90. The number of benzene rings is 1. The highest BCUT2D eigenvalue weighted by Gasteiger charge is 2.21. The van der Waals surface area contributed by atoms with Gasteiger partial charge >= 0.3 is 0 Å². The van der Waals surface area contributed by atoms with Crippen LogP contribution in [0.3, 0.4) is 0 Å². The van der Waals surface area contributed by atoms with E-state index >= 15 is 0 Å². The number of aromatic nitrogens is 2. The van der Waals surface area contributed by atoms with Crippen molar-refractivity contribution in [3.8, 4) is 5.75 Å². The lowest BCUT2D eigenvalue weighted by molar-refractivity contribution is 0.220. The molecule has 1 aromatic heterocycles. The summed E-state index contributed by atoms with van der Waals surface area (Å²) in [5, 5.41) is 0. The molecule has 0 unspecified atom stereocenters. The molecule has 23 heavy (non-hydrogen) atoms. The Morgan fingerprint density at radius 3 is 2.87 bits per heavy atom. The van der Waals surface area contributed by atoms with Gasteiger partial charge < -0.3 is 9.64 Å². The van der Waals surface area contributed by atoms with Gasteiger partial charge in [0.15, 0.2) is 0 Å². The van der Waals surface area contributed by atoms with Gasteiger partial charge in [0.1, 0.15) is 17.9 Å². The topological polar surface area (TPSA) is 38.2 Å². The molecule has 0 N–H and O–H groups in total. The summed E-state index contributed by atoms with van der Waals surface area (Å²) in [6.07, 6.45) is 7.63. The van der Waals surface area contributed by atoms with E-state index in [0.717, 1.165) is 49.8 Å². The number of fused-ring (bicyclic) bond motifs is 1. The summed E-state index contributed by atoms with van der Waals surface area (Å²) in [4.78, 5) is 11.4. The van der Waals surface area contributed by atoms with Crippen LogP contribution in [0.15, 0.2) is 36.7 Å². The largest absolute Gasteiger partial charge is 0.493 e. The molecule has 2 aromatic rings. The third kappa shape index (κ3) is 3.31. The van der Waals surface area contributed by atoms with E-state index in [4.69, 9.17) is 4.74 Å². The number of hydrogen-bond acceptors (Lipinski definition) is 4. The molecule has 1 atom stereocenters. The molecule has 0 aliphatic carbocycles. The average Bonchev–Trinajstić information content (AvgIpc) is 2.63. The van der Waals surface area contributed by atoms with Crippen molar-refractivity contribution in [2.24, 2.45) is 5.92 Å². The van der Waals surface area contributed by atoms with Crippen LogP contribution in [0.5, 0.6) is 5.75 Å². The van der Waals surface area contributed by atoms with Gasteiger partial charge in [-0.15, -0.1) is 0 Å². The summed E-state index contributed by atoms with van der Waals surface area (Å²) in [5.41, 5.74) is 2.45. The standard InChI is InChI=1S/C19H23N3O/c1-4-8-22(9-5-1)19-12-17(20-14-21-19)11-15-10-16-6-2-3-7-18(16)23-13-15/h2-3,6-7,12,14-15H,1,4-5,8-11,13H2/t15-/m1/s1. The summed E-state index contributed by atoms with van der Waals surface area (Å²) in [7, 11) is 0. The predicted molar refractivity (Wildman–Crippen MR) is 90.9 cm³/mol. The zero-order chi connectivity index (χ0) is 15.5. The van der Waals surface area contributed by atoms with Crippen LogP contribution in [-0.4, -0.2) is 29.7 Å². The fraction of sp³-hybridized carbons (Fsp3) is 0.474. The van der Waals surface area contributed by atoms with E-state index in [1.165, 1.54) is 24.8 Å². The Bertz CT molecular complexity index is 667. The molecule has 0 saturated carbocycles. The van der Waals surface area contributed by atoms with Crippen molar-refractivity contribution in [2.45, 2.75) is 32.1 Å². The van der Waals surface area contributed by atoms with Gasteiger partial charge in [0, 0.05) is 30.8 Å². The fourth-order valence-corrected chi connectivity index (χ4v) is 3.61. The lowest BCUT2D eigenvalue weighted by atomic mass is 9.93. The van der Waals surface area contributed by atoms with Gasteiger partial charge in [-0.05, 0) is 43.7 Å². The summed E-state index contributed by atoms with van der Waals surface area (Å²) in [5.74, 6) is 2.63. The van der Waals surface area contributed by atoms with Crippen molar-refractivity contribution in [1.29, 1.82) is 0 Å². The average molecular weight is 309 g/mol. The Kier molecular flexibility index (Phi) is 4.14. The summed E-state index contributed by atoms with van der Waals surface area (Å²) in [6, 6.07) is 10.5. The van der Waals surface area contributed by atoms with Gasteiger partial charge in [0.05, 0.1) is 6.61 Å². The SMILES string of the molecule is c1ccc2c(c1)C[C@H](Cc1cc(N3CCCCC3)ncn1)CO2. The molecule has 0 amide bonds. The van der Waals surface area contributed by atoms with Crippen molar-refractivity contribution < 1.29 is 4.74 Å². The number of rotatable bonds is 3. The summed E-state index contributed by atoms with van der Waals surface area (Å²) < 4.78 is 5.90. The second-order valence-electron chi connectivity index (χ2n) is 6.61. The molecule has 3 heterocycles. The Morgan fingerprint density at radius 2 is 1.96 bits per heavy atom. The lowest BCUT2D eigenvalue weighted by Gasteiger charge is -2.28. The minimum absolute atomic E-state index is 0.494. The van der Waals surface area contributed by atoms with Crippen molar-refractivity contribution in [3.05, 3.63) is 47.9 Å². The number of ether oxygens (including phenoxy) is 1. The van der Waals surface area contributed by atoms with E-state index in [1.807, 2.05) is 6.07 Å². The molecular formula is C19H23N3O. The first-order valence-electron chi connectivity index (χ1n) is 8.65.